The molecule has 2 aliphatic rings. The monoisotopic (exact) mass is 228 g/mol. The summed E-state index contributed by atoms with van der Waals surface area (Å²) >= 11 is 2.12. The first-order valence-corrected chi connectivity index (χ1v) is 7.41. The lowest BCUT2D eigenvalue weighted by molar-refractivity contribution is 0.0623. The molecule has 2 rings (SSSR count). The zero-order chi connectivity index (χ0) is 10.7. The standard InChI is InChI=1S/C12H24N2S/c1-11-12(10-13,6-5-9-15-11)14-7-3-2-4-8-14/h11H,2-10,13H2,1H3. The number of nitrogens with two attached hydrogens (primary N) is 1. The molecule has 0 bridgehead atoms. The summed E-state index contributed by atoms with van der Waals surface area (Å²) in [7, 11) is 0. The maximum absolute atomic E-state index is 6.10. The van der Waals surface area contributed by atoms with Gasteiger partial charge in [-0.05, 0) is 44.5 Å². The number of hydrogen-bond donors (Lipinski definition) is 1. The second-order valence-electron chi connectivity index (χ2n) is 4.97. The predicted octanol–water partition coefficient (Wildman–Crippen LogP) is 2.09. The van der Waals surface area contributed by atoms with Gasteiger partial charge >= 0.3 is 0 Å². The Kier molecular flexibility index (Phi) is 3.97. The molecule has 0 spiro atoms. The van der Waals surface area contributed by atoms with Crippen LogP contribution < -0.4 is 5.73 Å². The summed E-state index contributed by atoms with van der Waals surface area (Å²) in [5.41, 5.74) is 6.43. The summed E-state index contributed by atoms with van der Waals surface area (Å²) in [5, 5.41) is 0.717. The normalized spacial score (nSPS) is 39.2. The van der Waals surface area contributed by atoms with Crippen LogP contribution in [0.15, 0.2) is 0 Å². The van der Waals surface area contributed by atoms with E-state index in [2.05, 4.69) is 23.6 Å². The van der Waals surface area contributed by atoms with E-state index in [4.69, 9.17) is 5.73 Å². The summed E-state index contributed by atoms with van der Waals surface area (Å²) in [6, 6.07) is 0. The molecule has 0 aromatic heterocycles. The number of nitrogens with zero attached hydrogens (tertiary/aromatic N) is 1. The fourth-order valence-corrected chi connectivity index (χ4v) is 4.49. The average molecular weight is 228 g/mol. The Morgan fingerprint density at radius 1 is 1.27 bits per heavy atom. The van der Waals surface area contributed by atoms with Crippen molar-refractivity contribution in [2.45, 2.75) is 49.8 Å². The van der Waals surface area contributed by atoms with Crippen molar-refractivity contribution in [3.05, 3.63) is 0 Å². The topological polar surface area (TPSA) is 29.3 Å². The Morgan fingerprint density at radius 2 is 2.00 bits per heavy atom. The van der Waals surface area contributed by atoms with Gasteiger partial charge in [0.2, 0.25) is 0 Å². The van der Waals surface area contributed by atoms with Gasteiger partial charge in [-0.25, -0.2) is 0 Å². The predicted molar refractivity (Wildman–Crippen MR) is 68.4 cm³/mol. The molecule has 2 nitrogen and oxygen atoms in total. The minimum atomic E-state index is 0.323. The number of thioether (sulfide) groups is 1. The van der Waals surface area contributed by atoms with Gasteiger partial charge in [0.05, 0.1) is 0 Å². The van der Waals surface area contributed by atoms with Gasteiger partial charge in [0, 0.05) is 17.3 Å². The molecule has 3 heteroatoms. The Morgan fingerprint density at radius 3 is 2.60 bits per heavy atom. The van der Waals surface area contributed by atoms with Gasteiger partial charge in [0.1, 0.15) is 0 Å². The van der Waals surface area contributed by atoms with Gasteiger partial charge in [-0.3, -0.25) is 4.90 Å². The maximum Gasteiger partial charge on any atom is 0.0447 e. The molecule has 0 amide bonds. The summed E-state index contributed by atoms with van der Waals surface area (Å²) < 4.78 is 0. The number of piperidine rings is 1. The molecular weight excluding hydrogens is 204 g/mol. The third kappa shape index (κ3) is 2.20. The second kappa shape index (κ2) is 5.07. The van der Waals surface area contributed by atoms with E-state index in [9.17, 15) is 0 Å². The minimum Gasteiger partial charge on any atom is -0.329 e. The molecule has 2 N–H and O–H groups in total. The highest BCUT2D eigenvalue weighted by molar-refractivity contribution is 8.00. The highest BCUT2D eigenvalue weighted by Crippen LogP contribution is 2.39. The van der Waals surface area contributed by atoms with Crippen molar-refractivity contribution in [2.24, 2.45) is 5.73 Å². The van der Waals surface area contributed by atoms with Crippen molar-refractivity contribution in [1.82, 2.24) is 4.90 Å². The van der Waals surface area contributed by atoms with Crippen LogP contribution in [0, 0.1) is 0 Å². The summed E-state index contributed by atoms with van der Waals surface area (Å²) in [4.78, 5) is 2.70. The van der Waals surface area contributed by atoms with Crippen molar-refractivity contribution >= 4 is 11.8 Å². The second-order valence-corrected chi connectivity index (χ2v) is 6.42. The van der Waals surface area contributed by atoms with E-state index in [1.165, 1.54) is 50.9 Å². The van der Waals surface area contributed by atoms with E-state index in [1.54, 1.807) is 0 Å². The number of rotatable bonds is 2. The molecule has 0 aliphatic carbocycles. The van der Waals surface area contributed by atoms with Crippen LogP contribution in [0.4, 0.5) is 0 Å². The van der Waals surface area contributed by atoms with Crippen LogP contribution in [0.2, 0.25) is 0 Å². The smallest absolute Gasteiger partial charge is 0.0447 e. The molecular formula is C12H24N2S. The maximum atomic E-state index is 6.10. The van der Waals surface area contributed by atoms with Crippen LogP contribution in [0.25, 0.3) is 0 Å². The SMILES string of the molecule is CC1SCCCC1(CN)N1CCCCC1. The average Bonchev–Trinajstić information content (AvgIpc) is 2.31. The van der Waals surface area contributed by atoms with Crippen molar-refractivity contribution in [3.63, 3.8) is 0 Å². The molecule has 2 heterocycles. The molecule has 0 saturated carbocycles. The molecule has 2 unspecified atom stereocenters. The third-order valence-corrected chi connectivity index (χ3v) is 5.68. The fraction of sp³-hybridized carbons (Fsp3) is 1.00. The first kappa shape index (κ1) is 11.7. The van der Waals surface area contributed by atoms with E-state index in [0.29, 0.717) is 10.8 Å². The quantitative estimate of drug-likeness (QED) is 0.785. The van der Waals surface area contributed by atoms with Crippen LogP contribution in [0.3, 0.4) is 0 Å². The zero-order valence-corrected chi connectivity index (χ0v) is 10.7. The first-order chi connectivity index (χ1) is 7.29. The number of hydrogen-bond acceptors (Lipinski definition) is 3. The fourth-order valence-electron chi connectivity index (χ4n) is 3.15. The molecule has 2 aliphatic heterocycles. The lowest BCUT2D eigenvalue weighted by atomic mass is 9.86. The minimum absolute atomic E-state index is 0.323. The summed E-state index contributed by atoms with van der Waals surface area (Å²) in [6.45, 7) is 5.79. The van der Waals surface area contributed by atoms with Gasteiger partial charge in [0.25, 0.3) is 0 Å². The van der Waals surface area contributed by atoms with Gasteiger partial charge in [-0.2, -0.15) is 11.8 Å². The Bertz CT molecular complexity index is 204. The molecule has 88 valence electrons. The van der Waals surface area contributed by atoms with E-state index in [1.807, 2.05) is 0 Å². The van der Waals surface area contributed by atoms with E-state index >= 15 is 0 Å². The molecule has 2 fully saturated rings. The van der Waals surface area contributed by atoms with Crippen LogP contribution in [0.5, 0.6) is 0 Å². The lowest BCUT2D eigenvalue weighted by Gasteiger charge is -2.51. The lowest BCUT2D eigenvalue weighted by Crippen LogP contribution is -2.61. The van der Waals surface area contributed by atoms with Gasteiger partial charge in [-0.15, -0.1) is 0 Å². The highest BCUT2D eigenvalue weighted by Gasteiger charge is 2.42. The van der Waals surface area contributed by atoms with E-state index < -0.39 is 0 Å². The summed E-state index contributed by atoms with van der Waals surface area (Å²) in [6.07, 6.45) is 6.83. The van der Waals surface area contributed by atoms with Crippen molar-refractivity contribution in [1.29, 1.82) is 0 Å². The third-order valence-electron chi connectivity index (χ3n) is 4.22. The zero-order valence-electron chi connectivity index (χ0n) is 9.87. The molecule has 0 aromatic carbocycles. The van der Waals surface area contributed by atoms with Gasteiger partial charge < -0.3 is 5.73 Å². The Balaban J connectivity index is 2.10. The Hall–Kier alpha value is 0.270. The van der Waals surface area contributed by atoms with E-state index in [-0.39, 0.29) is 0 Å². The van der Waals surface area contributed by atoms with Crippen molar-refractivity contribution < 1.29 is 0 Å². The molecule has 0 radical (unpaired) electrons. The molecule has 2 saturated heterocycles. The van der Waals surface area contributed by atoms with Crippen molar-refractivity contribution in [2.75, 3.05) is 25.4 Å². The van der Waals surface area contributed by atoms with Crippen LogP contribution in [0.1, 0.15) is 39.0 Å². The van der Waals surface area contributed by atoms with Gasteiger partial charge in [-0.1, -0.05) is 13.3 Å². The van der Waals surface area contributed by atoms with E-state index in [0.717, 1.165) is 6.54 Å². The first-order valence-electron chi connectivity index (χ1n) is 6.36. The van der Waals surface area contributed by atoms with Crippen LogP contribution >= 0.6 is 11.8 Å². The molecule has 15 heavy (non-hydrogen) atoms. The highest BCUT2D eigenvalue weighted by atomic mass is 32.2. The van der Waals surface area contributed by atoms with Crippen LogP contribution in [-0.4, -0.2) is 41.1 Å². The molecule has 0 aromatic rings. The van der Waals surface area contributed by atoms with Gasteiger partial charge in [0.15, 0.2) is 0 Å². The molecule has 2 atom stereocenters. The number of likely N-dealkylation sites (tertiary alicyclic amines) is 1. The Labute approximate surface area is 98.0 Å². The summed E-state index contributed by atoms with van der Waals surface area (Å²) in [5.74, 6) is 1.33. The van der Waals surface area contributed by atoms with Crippen molar-refractivity contribution in [3.8, 4) is 0 Å². The largest absolute Gasteiger partial charge is 0.329 e. The van der Waals surface area contributed by atoms with Crippen LogP contribution in [-0.2, 0) is 0 Å².